The summed E-state index contributed by atoms with van der Waals surface area (Å²) in [6.45, 7) is 11.6. The topological polar surface area (TPSA) is 32.7 Å². The van der Waals surface area contributed by atoms with Gasteiger partial charge in [0.2, 0.25) is 0 Å². The van der Waals surface area contributed by atoms with Gasteiger partial charge in [-0.1, -0.05) is 122 Å². The van der Waals surface area contributed by atoms with Crippen LogP contribution in [0.1, 0.15) is 169 Å². The van der Waals surface area contributed by atoms with Crippen molar-refractivity contribution in [1.29, 1.82) is 0 Å². The standard InChI is InChI=1S/C30H61NO2/c1-6-7-8-9-10-11-12-13-14-15-16-17-18-19-20-21-22-23-24-25-33-28-26-29(2,3)31(32)30(4,5)27-28/h28,32H,6-27H2,1-5H3. The van der Waals surface area contributed by atoms with Crippen LogP contribution in [0.25, 0.3) is 0 Å². The van der Waals surface area contributed by atoms with E-state index in [4.69, 9.17) is 4.74 Å². The zero-order chi connectivity index (χ0) is 24.4. The average molecular weight is 468 g/mol. The predicted octanol–water partition coefficient (Wildman–Crippen LogP) is 9.85. The molecule has 0 bridgehead atoms. The molecule has 3 heteroatoms. The largest absolute Gasteiger partial charge is 0.378 e. The van der Waals surface area contributed by atoms with Gasteiger partial charge in [-0.2, -0.15) is 5.06 Å². The molecule has 33 heavy (non-hydrogen) atoms. The zero-order valence-corrected chi connectivity index (χ0v) is 23.4. The first-order chi connectivity index (χ1) is 15.8. The van der Waals surface area contributed by atoms with Gasteiger partial charge in [0.05, 0.1) is 6.10 Å². The Morgan fingerprint density at radius 1 is 0.576 bits per heavy atom. The monoisotopic (exact) mass is 467 g/mol. The molecule has 0 aromatic carbocycles. The first-order valence-corrected chi connectivity index (χ1v) is 14.9. The number of rotatable bonds is 21. The summed E-state index contributed by atoms with van der Waals surface area (Å²) < 4.78 is 6.20. The molecular weight excluding hydrogens is 406 g/mol. The maximum Gasteiger partial charge on any atom is 0.0611 e. The lowest BCUT2D eigenvalue weighted by atomic mass is 9.80. The van der Waals surface area contributed by atoms with E-state index < -0.39 is 0 Å². The van der Waals surface area contributed by atoms with Crippen LogP contribution in [0.5, 0.6) is 0 Å². The Labute approximate surface area is 208 Å². The van der Waals surface area contributed by atoms with E-state index in [-0.39, 0.29) is 17.2 Å². The van der Waals surface area contributed by atoms with Crippen LogP contribution in [0, 0.1) is 0 Å². The summed E-state index contributed by atoms with van der Waals surface area (Å²) in [6, 6.07) is 0. The van der Waals surface area contributed by atoms with Crippen LogP contribution in [0.2, 0.25) is 0 Å². The van der Waals surface area contributed by atoms with Crippen LogP contribution in [0.3, 0.4) is 0 Å². The van der Waals surface area contributed by atoms with Crippen molar-refractivity contribution in [3.63, 3.8) is 0 Å². The Bertz CT molecular complexity index is 431. The third-order valence-electron chi connectivity index (χ3n) is 7.70. The summed E-state index contributed by atoms with van der Waals surface area (Å²) in [4.78, 5) is 0. The molecule has 1 N–H and O–H groups in total. The molecule has 1 aliphatic heterocycles. The van der Waals surface area contributed by atoms with Gasteiger partial charge in [-0.05, 0) is 47.0 Å². The third kappa shape index (κ3) is 14.8. The molecular formula is C30H61NO2. The molecule has 1 aliphatic rings. The quantitative estimate of drug-likeness (QED) is 0.170. The van der Waals surface area contributed by atoms with Gasteiger partial charge in [0.1, 0.15) is 0 Å². The first kappa shape index (κ1) is 30.9. The lowest BCUT2D eigenvalue weighted by Crippen LogP contribution is -2.60. The number of ether oxygens (including phenoxy) is 1. The normalized spacial score (nSPS) is 18.7. The molecule has 1 rings (SSSR count). The minimum Gasteiger partial charge on any atom is -0.378 e. The minimum atomic E-state index is -0.208. The molecule has 0 amide bonds. The molecule has 0 radical (unpaired) electrons. The van der Waals surface area contributed by atoms with Crippen LogP contribution in [0.4, 0.5) is 0 Å². The SMILES string of the molecule is CCCCCCCCCCCCCCCCCCCCCOC1CC(C)(C)N(O)C(C)(C)C1. The van der Waals surface area contributed by atoms with Gasteiger partial charge in [-0.15, -0.1) is 0 Å². The van der Waals surface area contributed by atoms with Crippen molar-refractivity contribution in [2.45, 2.75) is 187 Å². The van der Waals surface area contributed by atoms with Gasteiger partial charge < -0.3 is 9.94 Å². The van der Waals surface area contributed by atoms with Crippen LogP contribution in [-0.4, -0.2) is 34.1 Å². The van der Waals surface area contributed by atoms with Gasteiger partial charge in [-0.25, -0.2) is 0 Å². The second-order valence-corrected chi connectivity index (χ2v) is 12.2. The van der Waals surface area contributed by atoms with E-state index in [2.05, 4.69) is 34.6 Å². The molecule has 0 saturated carbocycles. The number of nitrogens with zero attached hydrogens (tertiary/aromatic N) is 1. The summed E-state index contributed by atoms with van der Waals surface area (Å²) in [6.07, 6.45) is 29.0. The molecule has 3 nitrogen and oxygen atoms in total. The summed E-state index contributed by atoms with van der Waals surface area (Å²) in [5.41, 5.74) is -0.417. The second-order valence-electron chi connectivity index (χ2n) is 12.2. The predicted molar refractivity (Wildman–Crippen MR) is 144 cm³/mol. The van der Waals surface area contributed by atoms with Crippen LogP contribution in [-0.2, 0) is 4.74 Å². The van der Waals surface area contributed by atoms with E-state index in [0.29, 0.717) is 0 Å². The van der Waals surface area contributed by atoms with Crippen molar-refractivity contribution in [3.05, 3.63) is 0 Å². The molecule has 198 valence electrons. The van der Waals surface area contributed by atoms with Crippen molar-refractivity contribution in [2.24, 2.45) is 0 Å². The molecule has 1 fully saturated rings. The molecule has 0 atom stereocenters. The van der Waals surface area contributed by atoms with E-state index in [9.17, 15) is 5.21 Å². The molecule has 1 saturated heterocycles. The number of hydrogen-bond acceptors (Lipinski definition) is 3. The number of hydroxylamine groups is 2. The second kappa shape index (κ2) is 18.2. The van der Waals surface area contributed by atoms with Crippen molar-refractivity contribution >= 4 is 0 Å². The van der Waals surface area contributed by atoms with Crippen LogP contribution < -0.4 is 0 Å². The highest BCUT2D eigenvalue weighted by molar-refractivity contribution is 4.96. The van der Waals surface area contributed by atoms with Gasteiger partial charge >= 0.3 is 0 Å². The highest BCUT2D eigenvalue weighted by Gasteiger charge is 2.45. The summed E-state index contributed by atoms with van der Waals surface area (Å²) in [5.74, 6) is 0. The molecule has 1 heterocycles. The van der Waals surface area contributed by atoms with Crippen molar-refractivity contribution in [2.75, 3.05) is 6.61 Å². The van der Waals surface area contributed by atoms with Crippen LogP contribution in [0.15, 0.2) is 0 Å². The number of hydrogen-bond donors (Lipinski definition) is 1. The van der Waals surface area contributed by atoms with Gasteiger partial charge in [-0.3, -0.25) is 0 Å². The smallest absolute Gasteiger partial charge is 0.0611 e. The van der Waals surface area contributed by atoms with E-state index in [1.165, 1.54) is 127 Å². The Hall–Kier alpha value is -0.120. The summed E-state index contributed by atoms with van der Waals surface area (Å²) in [5, 5.41) is 11.9. The fraction of sp³-hybridized carbons (Fsp3) is 1.00. The Kier molecular flexibility index (Phi) is 17.0. The fourth-order valence-corrected chi connectivity index (χ4v) is 5.73. The third-order valence-corrected chi connectivity index (χ3v) is 7.70. The Morgan fingerprint density at radius 3 is 1.21 bits per heavy atom. The Balaban J connectivity index is 1.81. The van der Waals surface area contributed by atoms with E-state index in [1.807, 2.05) is 0 Å². The highest BCUT2D eigenvalue weighted by atomic mass is 16.5. The molecule has 0 aromatic heterocycles. The van der Waals surface area contributed by atoms with Crippen molar-refractivity contribution < 1.29 is 9.94 Å². The van der Waals surface area contributed by atoms with E-state index >= 15 is 0 Å². The molecule has 0 unspecified atom stereocenters. The van der Waals surface area contributed by atoms with Crippen LogP contribution >= 0.6 is 0 Å². The zero-order valence-electron chi connectivity index (χ0n) is 23.4. The van der Waals surface area contributed by atoms with E-state index in [0.717, 1.165) is 19.4 Å². The highest BCUT2D eigenvalue weighted by Crippen LogP contribution is 2.37. The summed E-state index contributed by atoms with van der Waals surface area (Å²) >= 11 is 0. The number of unbranched alkanes of at least 4 members (excludes halogenated alkanes) is 18. The minimum absolute atomic E-state index is 0.208. The van der Waals surface area contributed by atoms with Gasteiger partial charge in [0.25, 0.3) is 0 Å². The van der Waals surface area contributed by atoms with Crippen molar-refractivity contribution in [1.82, 2.24) is 5.06 Å². The average Bonchev–Trinajstić information content (AvgIpc) is 2.75. The fourth-order valence-electron chi connectivity index (χ4n) is 5.73. The van der Waals surface area contributed by atoms with Gasteiger partial charge in [0.15, 0.2) is 0 Å². The molecule has 0 spiro atoms. The Morgan fingerprint density at radius 2 is 0.879 bits per heavy atom. The van der Waals surface area contributed by atoms with Crippen molar-refractivity contribution in [3.8, 4) is 0 Å². The van der Waals surface area contributed by atoms with E-state index in [1.54, 1.807) is 0 Å². The van der Waals surface area contributed by atoms with Gasteiger partial charge in [0, 0.05) is 17.7 Å². The molecule has 0 aliphatic carbocycles. The first-order valence-electron chi connectivity index (χ1n) is 14.9. The summed E-state index contributed by atoms with van der Waals surface area (Å²) in [7, 11) is 0. The molecule has 0 aromatic rings. The maximum absolute atomic E-state index is 10.4. The number of piperidine rings is 1. The lowest BCUT2D eigenvalue weighted by Gasteiger charge is -2.51. The lowest BCUT2D eigenvalue weighted by molar-refractivity contribution is -0.261. The maximum atomic E-state index is 10.4.